The number of benzene rings is 2. The van der Waals surface area contributed by atoms with Crippen LogP contribution >= 0.6 is 0 Å². The van der Waals surface area contributed by atoms with Crippen LogP contribution in [0.25, 0.3) is 0 Å². The fourth-order valence-electron chi connectivity index (χ4n) is 1.75. The molecule has 4 N–H and O–H groups in total. The number of carbonyl (C=O) groups excluding carboxylic acids is 3. The second-order valence-electron chi connectivity index (χ2n) is 4.65. The lowest BCUT2D eigenvalue weighted by atomic mass is 10.2. The molecule has 0 aliphatic rings. The number of ether oxygens (including phenoxy) is 1. The van der Waals surface area contributed by atoms with Crippen LogP contribution in [-0.2, 0) is 9.53 Å². The van der Waals surface area contributed by atoms with Crippen molar-refractivity contribution in [3.63, 3.8) is 0 Å². The first kappa shape index (κ1) is 16.8. The fraction of sp³-hybridized carbons (Fsp3) is 0.0625. The third-order valence-corrected chi connectivity index (χ3v) is 2.82. The smallest absolute Gasteiger partial charge is 0.342 e. The molecule has 0 spiro atoms. The van der Waals surface area contributed by atoms with Crippen molar-refractivity contribution in [2.45, 2.75) is 0 Å². The summed E-state index contributed by atoms with van der Waals surface area (Å²) < 4.78 is 4.69. The summed E-state index contributed by atoms with van der Waals surface area (Å²) >= 11 is 0. The summed E-state index contributed by atoms with van der Waals surface area (Å²) in [5, 5.41) is 23.1. The molecule has 124 valence electrons. The number of hydrogen-bond acceptors (Lipinski definition) is 6. The number of carbonyl (C=O) groups is 3. The topological polar surface area (TPSA) is 125 Å². The van der Waals surface area contributed by atoms with Crippen molar-refractivity contribution < 1.29 is 29.3 Å². The summed E-state index contributed by atoms with van der Waals surface area (Å²) in [6, 6.07) is 11.0. The summed E-state index contributed by atoms with van der Waals surface area (Å²) in [5.41, 5.74) is 0.281. The third kappa shape index (κ3) is 4.73. The van der Waals surface area contributed by atoms with Crippen LogP contribution in [0.15, 0.2) is 48.5 Å². The van der Waals surface area contributed by atoms with Gasteiger partial charge < -0.3 is 20.3 Å². The highest BCUT2D eigenvalue weighted by atomic mass is 16.5. The Kier molecular flexibility index (Phi) is 5.35. The number of anilines is 1. The average Bonchev–Trinajstić information content (AvgIpc) is 2.53. The number of imide groups is 1. The van der Waals surface area contributed by atoms with E-state index in [1.165, 1.54) is 6.07 Å². The van der Waals surface area contributed by atoms with Crippen molar-refractivity contribution in [2.24, 2.45) is 0 Å². The SMILES string of the molecule is O=C(COC(=O)c1ccc(O)cc1O)NC(=O)Nc1ccccc1. The molecule has 2 aromatic carbocycles. The molecule has 0 fully saturated rings. The minimum absolute atomic E-state index is 0.214. The molecule has 0 radical (unpaired) electrons. The first-order valence-corrected chi connectivity index (χ1v) is 6.80. The number of amides is 3. The van der Waals surface area contributed by atoms with Crippen molar-refractivity contribution in [1.29, 1.82) is 0 Å². The predicted octanol–water partition coefficient (Wildman–Crippen LogP) is 1.60. The van der Waals surface area contributed by atoms with Crippen molar-refractivity contribution in [3.05, 3.63) is 54.1 Å². The molecule has 0 saturated heterocycles. The van der Waals surface area contributed by atoms with Gasteiger partial charge in [0.2, 0.25) is 0 Å². The van der Waals surface area contributed by atoms with Crippen molar-refractivity contribution in [3.8, 4) is 11.5 Å². The highest BCUT2D eigenvalue weighted by molar-refractivity contribution is 6.02. The van der Waals surface area contributed by atoms with Crippen molar-refractivity contribution in [2.75, 3.05) is 11.9 Å². The second kappa shape index (κ2) is 7.63. The molecule has 0 unspecified atom stereocenters. The minimum atomic E-state index is -0.967. The quantitative estimate of drug-likeness (QED) is 0.631. The minimum Gasteiger partial charge on any atom is -0.508 e. The molecule has 8 heteroatoms. The van der Waals surface area contributed by atoms with Crippen LogP contribution in [0.5, 0.6) is 11.5 Å². The highest BCUT2D eigenvalue weighted by Crippen LogP contribution is 2.23. The van der Waals surface area contributed by atoms with E-state index in [0.717, 1.165) is 12.1 Å². The molecule has 24 heavy (non-hydrogen) atoms. The van der Waals surface area contributed by atoms with Crippen LogP contribution in [0.2, 0.25) is 0 Å². The number of nitrogens with one attached hydrogen (secondary N) is 2. The molecule has 0 aliphatic carbocycles. The molecule has 0 aliphatic heterocycles. The summed E-state index contributed by atoms with van der Waals surface area (Å²) in [7, 11) is 0. The van der Waals surface area contributed by atoms with Gasteiger partial charge in [-0.3, -0.25) is 10.1 Å². The van der Waals surface area contributed by atoms with E-state index in [0.29, 0.717) is 5.69 Å². The molecular weight excluding hydrogens is 316 g/mol. The van der Waals surface area contributed by atoms with Gasteiger partial charge in [-0.05, 0) is 24.3 Å². The Bertz CT molecular complexity index is 760. The maximum Gasteiger partial charge on any atom is 0.342 e. The Labute approximate surface area is 136 Å². The van der Waals surface area contributed by atoms with Gasteiger partial charge in [0.05, 0.1) is 0 Å². The number of phenols is 2. The van der Waals surface area contributed by atoms with Gasteiger partial charge in [0, 0.05) is 11.8 Å². The third-order valence-electron chi connectivity index (χ3n) is 2.82. The highest BCUT2D eigenvalue weighted by Gasteiger charge is 2.16. The van der Waals surface area contributed by atoms with Gasteiger partial charge in [-0.1, -0.05) is 18.2 Å². The van der Waals surface area contributed by atoms with Crippen LogP contribution in [0.4, 0.5) is 10.5 Å². The van der Waals surface area contributed by atoms with Gasteiger partial charge in [0.25, 0.3) is 5.91 Å². The number of urea groups is 1. The Morgan fingerprint density at radius 3 is 2.38 bits per heavy atom. The average molecular weight is 330 g/mol. The molecule has 3 amide bonds. The van der Waals surface area contributed by atoms with Gasteiger partial charge in [-0.25, -0.2) is 9.59 Å². The largest absolute Gasteiger partial charge is 0.508 e. The molecule has 0 heterocycles. The molecular formula is C16H14N2O6. The Hall–Kier alpha value is -3.55. The Morgan fingerprint density at radius 2 is 1.71 bits per heavy atom. The fourth-order valence-corrected chi connectivity index (χ4v) is 1.75. The van der Waals surface area contributed by atoms with E-state index < -0.39 is 30.3 Å². The zero-order valence-corrected chi connectivity index (χ0v) is 12.4. The van der Waals surface area contributed by atoms with Gasteiger partial charge in [-0.2, -0.15) is 0 Å². The number of hydrogen-bond donors (Lipinski definition) is 4. The summed E-state index contributed by atoms with van der Waals surface area (Å²) in [4.78, 5) is 34.9. The van der Waals surface area contributed by atoms with Gasteiger partial charge >= 0.3 is 12.0 Å². The number of esters is 1. The maximum absolute atomic E-state index is 11.7. The molecule has 2 rings (SSSR count). The number of aromatic hydroxyl groups is 2. The Balaban J connectivity index is 1.82. The predicted molar refractivity (Wildman–Crippen MR) is 83.7 cm³/mol. The number of para-hydroxylation sites is 1. The monoisotopic (exact) mass is 330 g/mol. The maximum atomic E-state index is 11.7. The molecule has 0 saturated carbocycles. The van der Waals surface area contributed by atoms with E-state index in [1.54, 1.807) is 30.3 Å². The first-order valence-electron chi connectivity index (χ1n) is 6.80. The molecule has 8 nitrogen and oxygen atoms in total. The summed E-state index contributed by atoms with van der Waals surface area (Å²) in [5.74, 6) is -2.51. The molecule has 2 aromatic rings. The van der Waals surface area contributed by atoms with E-state index in [2.05, 4.69) is 10.1 Å². The van der Waals surface area contributed by atoms with Crippen LogP contribution in [-0.4, -0.2) is 34.7 Å². The zero-order chi connectivity index (χ0) is 17.5. The van der Waals surface area contributed by atoms with Crippen LogP contribution in [0, 0.1) is 0 Å². The zero-order valence-electron chi connectivity index (χ0n) is 12.4. The lowest BCUT2D eigenvalue weighted by molar-refractivity contribution is -0.123. The molecule has 0 aromatic heterocycles. The van der Waals surface area contributed by atoms with E-state index in [4.69, 9.17) is 5.11 Å². The number of phenolic OH excluding ortho intramolecular Hbond substituents is 2. The second-order valence-corrected chi connectivity index (χ2v) is 4.65. The van der Waals surface area contributed by atoms with Gasteiger partial charge in [-0.15, -0.1) is 0 Å². The lowest BCUT2D eigenvalue weighted by Gasteiger charge is -2.08. The van der Waals surface area contributed by atoms with Crippen molar-refractivity contribution in [1.82, 2.24) is 5.32 Å². The van der Waals surface area contributed by atoms with E-state index in [1.807, 2.05) is 5.32 Å². The first-order chi connectivity index (χ1) is 11.5. The van der Waals surface area contributed by atoms with E-state index >= 15 is 0 Å². The summed E-state index contributed by atoms with van der Waals surface area (Å²) in [6.07, 6.45) is 0. The van der Waals surface area contributed by atoms with Crippen LogP contribution in [0.3, 0.4) is 0 Å². The van der Waals surface area contributed by atoms with Gasteiger partial charge in [0.1, 0.15) is 17.1 Å². The standard InChI is InChI=1S/C16H14N2O6/c19-11-6-7-12(13(20)8-11)15(22)24-9-14(21)18-16(23)17-10-4-2-1-3-5-10/h1-8,19-20H,9H2,(H2,17,18,21,23). The number of rotatable bonds is 4. The molecule has 0 atom stereocenters. The summed E-state index contributed by atoms with van der Waals surface area (Å²) in [6.45, 7) is -0.707. The van der Waals surface area contributed by atoms with Crippen molar-refractivity contribution >= 4 is 23.6 Å². The lowest BCUT2D eigenvalue weighted by Crippen LogP contribution is -2.37. The van der Waals surface area contributed by atoms with E-state index in [9.17, 15) is 19.5 Å². The Morgan fingerprint density at radius 1 is 1.00 bits per heavy atom. The van der Waals surface area contributed by atoms with Crippen LogP contribution in [0.1, 0.15) is 10.4 Å². The van der Waals surface area contributed by atoms with Crippen LogP contribution < -0.4 is 10.6 Å². The van der Waals surface area contributed by atoms with Gasteiger partial charge in [0.15, 0.2) is 6.61 Å². The van der Waals surface area contributed by atoms with E-state index in [-0.39, 0.29) is 11.3 Å². The molecule has 0 bridgehead atoms. The normalized spacial score (nSPS) is 9.83.